The Labute approximate surface area is 111 Å². The van der Waals surface area contributed by atoms with Gasteiger partial charge < -0.3 is 15.6 Å². The maximum absolute atomic E-state index is 11.9. The third-order valence-corrected chi connectivity index (χ3v) is 2.81. The van der Waals surface area contributed by atoms with E-state index in [1.807, 2.05) is 17.7 Å². The van der Waals surface area contributed by atoms with Crippen LogP contribution in [-0.2, 0) is 13.0 Å². The molecule has 0 aliphatic rings. The van der Waals surface area contributed by atoms with Gasteiger partial charge in [-0.15, -0.1) is 0 Å². The smallest absolute Gasteiger partial charge is 0.274 e. The van der Waals surface area contributed by atoms with E-state index >= 15 is 0 Å². The summed E-state index contributed by atoms with van der Waals surface area (Å²) in [5.74, 6) is -0.254. The Morgan fingerprint density at radius 1 is 1.58 bits per heavy atom. The van der Waals surface area contributed by atoms with Crippen molar-refractivity contribution in [2.75, 3.05) is 12.3 Å². The van der Waals surface area contributed by atoms with Crippen LogP contribution in [0.1, 0.15) is 29.5 Å². The minimum atomic E-state index is -0.254. The predicted octanol–water partition coefficient (Wildman–Crippen LogP) is 0.571. The molecule has 4 N–H and O–H groups in total. The average molecular weight is 262 g/mol. The zero-order valence-electron chi connectivity index (χ0n) is 10.9. The summed E-state index contributed by atoms with van der Waals surface area (Å²) >= 11 is 0. The van der Waals surface area contributed by atoms with E-state index in [2.05, 4.69) is 20.5 Å². The van der Waals surface area contributed by atoms with E-state index in [1.165, 1.54) is 0 Å². The Morgan fingerprint density at radius 2 is 2.42 bits per heavy atom. The van der Waals surface area contributed by atoms with Crippen LogP contribution in [0, 0.1) is 0 Å². The van der Waals surface area contributed by atoms with Crippen LogP contribution >= 0.6 is 0 Å². The lowest BCUT2D eigenvalue weighted by Gasteiger charge is -2.04. The van der Waals surface area contributed by atoms with Crippen LogP contribution in [0.3, 0.4) is 0 Å². The van der Waals surface area contributed by atoms with E-state index in [0.29, 0.717) is 18.8 Å². The first kappa shape index (κ1) is 13.1. The number of amides is 1. The number of nitrogens with two attached hydrogens (primary N) is 1. The van der Waals surface area contributed by atoms with Crippen molar-refractivity contribution in [3.05, 3.63) is 30.1 Å². The number of hydrogen-bond donors (Lipinski definition) is 3. The number of aromatic amines is 1. The molecule has 0 fully saturated rings. The van der Waals surface area contributed by atoms with E-state index < -0.39 is 0 Å². The van der Waals surface area contributed by atoms with Gasteiger partial charge in [-0.2, -0.15) is 5.10 Å². The minimum Gasteiger partial charge on any atom is -0.395 e. The maximum Gasteiger partial charge on any atom is 0.274 e. The molecule has 0 aromatic carbocycles. The van der Waals surface area contributed by atoms with E-state index in [-0.39, 0.29) is 11.6 Å². The first-order valence-electron chi connectivity index (χ1n) is 6.29. The van der Waals surface area contributed by atoms with Crippen molar-refractivity contribution in [2.24, 2.45) is 0 Å². The molecule has 2 rings (SSSR count). The average Bonchev–Trinajstić information content (AvgIpc) is 3.01. The van der Waals surface area contributed by atoms with Gasteiger partial charge in [0.2, 0.25) is 0 Å². The largest absolute Gasteiger partial charge is 0.395 e. The number of nitrogen functional groups attached to an aromatic ring is 1. The number of carbonyl (C=O) groups excluding carboxylic acids is 1. The number of rotatable bonds is 6. The highest BCUT2D eigenvalue weighted by molar-refractivity contribution is 5.97. The van der Waals surface area contributed by atoms with Gasteiger partial charge in [0.1, 0.15) is 0 Å². The lowest BCUT2D eigenvalue weighted by Crippen LogP contribution is -2.28. The molecule has 0 bridgehead atoms. The molecule has 102 valence electrons. The van der Waals surface area contributed by atoms with E-state index in [0.717, 1.165) is 18.5 Å². The molecule has 19 heavy (non-hydrogen) atoms. The third kappa shape index (κ3) is 3.12. The molecule has 0 aliphatic carbocycles. The molecule has 2 aromatic rings. The third-order valence-electron chi connectivity index (χ3n) is 2.81. The molecule has 0 spiro atoms. The summed E-state index contributed by atoms with van der Waals surface area (Å²) in [5, 5.41) is 9.56. The number of hydrogen-bond acceptors (Lipinski definition) is 4. The van der Waals surface area contributed by atoms with Gasteiger partial charge >= 0.3 is 0 Å². The lowest BCUT2D eigenvalue weighted by atomic mass is 10.2. The number of aryl methyl sites for hydroxylation is 1. The maximum atomic E-state index is 11.9. The highest BCUT2D eigenvalue weighted by atomic mass is 16.1. The highest BCUT2D eigenvalue weighted by Gasteiger charge is 2.16. The van der Waals surface area contributed by atoms with E-state index in [4.69, 9.17) is 5.73 Å². The molecule has 0 radical (unpaired) electrons. The number of nitrogens with one attached hydrogen (secondary N) is 2. The second-order valence-electron chi connectivity index (χ2n) is 4.27. The molecule has 2 aromatic heterocycles. The molecule has 1 amide bonds. The van der Waals surface area contributed by atoms with Gasteiger partial charge in [0.15, 0.2) is 5.69 Å². The number of aromatic nitrogens is 4. The van der Waals surface area contributed by atoms with Crippen LogP contribution in [-0.4, -0.2) is 32.2 Å². The summed E-state index contributed by atoms with van der Waals surface area (Å²) in [6.07, 6.45) is 6.99. The fourth-order valence-electron chi connectivity index (χ4n) is 1.80. The number of H-pyrrole nitrogens is 1. The molecule has 7 heteroatoms. The van der Waals surface area contributed by atoms with Crippen LogP contribution in [0.5, 0.6) is 0 Å². The fourth-order valence-corrected chi connectivity index (χ4v) is 1.80. The van der Waals surface area contributed by atoms with Gasteiger partial charge in [0.25, 0.3) is 5.91 Å². The summed E-state index contributed by atoms with van der Waals surface area (Å²) in [6.45, 7) is 3.22. The monoisotopic (exact) mass is 262 g/mol. The lowest BCUT2D eigenvalue weighted by molar-refractivity contribution is 0.0948. The van der Waals surface area contributed by atoms with Gasteiger partial charge in [-0.25, -0.2) is 4.98 Å². The van der Waals surface area contributed by atoms with Gasteiger partial charge in [0, 0.05) is 25.5 Å². The number of nitrogens with zero attached hydrogens (tertiary/aromatic N) is 3. The molecule has 7 nitrogen and oxygen atoms in total. The number of anilines is 1. The Kier molecular flexibility index (Phi) is 4.17. The zero-order chi connectivity index (χ0) is 13.7. The Balaban J connectivity index is 1.89. The Hall–Kier alpha value is -2.31. The van der Waals surface area contributed by atoms with Crippen LogP contribution in [0.2, 0.25) is 0 Å². The summed E-state index contributed by atoms with van der Waals surface area (Å²) in [5.41, 5.74) is 7.43. The fraction of sp³-hybridized carbons (Fsp3) is 0.417. The highest BCUT2D eigenvalue weighted by Crippen LogP contribution is 2.15. The van der Waals surface area contributed by atoms with Crippen LogP contribution < -0.4 is 11.1 Å². The van der Waals surface area contributed by atoms with Crippen molar-refractivity contribution in [1.82, 2.24) is 25.1 Å². The second-order valence-corrected chi connectivity index (χ2v) is 4.27. The van der Waals surface area contributed by atoms with Crippen LogP contribution in [0.15, 0.2) is 18.7 Å². The molecule has 0 saturated carbocycles. The van der Waals surface area contributed by atoms with Gasteiger partial charge in [-0.3, -0.25) is 9.89 Å². The second kappa shape index (κ2) is 6.03. The molecule has 0 unspecified atom stereocenters. The van der Waals surface area contributed by atoms with Gasteiger partial charge in [-0.05, 0) is 6.42 Å². The van der Waals surface area contributed by atoms with Crippen molar-refractivity contribution < 1.29 is 4.79 Å². The molecule has 0 saturated heterocycles. The molecule has 0 atom stereocenters. The Bertz CT molecular complexity index is 530. The quantitative estimate of drug-likeness (QED) is 0.708. The van der Waals surface area contributed by atoms with Crippen molar-refractivity contribution >= 4 is 11.6 Å². The molecular weight excluding hydrogens is 244 g/mol. The number of carbonyl (C=O) groups is 1. The SMILES string of the molecule is CCCc1[nH]nc(C(=O)NCCn2ccnc2)c1N. The zero-order valence-corrected chi connectivity index (χ0v) is 10.9. The van der Waals surface area contributed by atoms with E-state index in [1.54, 1.807) is 12.5 Å². The molecule has 0 aliphatic heterocycles. The summed E-state index contributed by atoms with van der Waals surface area (Å²) in [6, 6.07) is 0. The van der Waals surface area contributed by atoms with E-state index in [9.17, 15) is 4.79 Å². The topological polar surface area (TPSA) is 102 Å². The van der Waals surface area contributed by atoms with Crippen molar-refractivity contribution in [2.45, 2.75) is 26.3 Å². The standard InChI is InChI=1S/C12H18N6O/c1-2-3-9-10(13)11(17-16-9)12(19)15-5-7-18-6-4-14-8-18/h4,6,8H,2-3,5,7,13H2,1H3,(H,15,19)(H,16,17). The summed E-state index contributed by atoms with van der Waals surface area (Å²) in [4.78, 5) is 15.8. The number of imidazole rings is 1. The Morgan fingerprint density at radius 3 is 3.11 bits per heavy atom. The van der Waals surface area contributed by atoms with Gasteiger partial charge in [-0.1, -0.05) is 13.3 Å². The van der Waals surface area contributed by atoms with Crippen molar-refractivity contribution in [1.29, 1.82) is 0 Å². The predicted molar refractivity (Wildman–Crippen MR) is 71.6 cm³/mol. The van der Waals surface area contributed by atoms with Gasteiger partial charge in [0.05, 0.1) is 17.7 Å². The molecule has 2 heterocycles. The van der Waals surface area contributed by atoms with Crippen molar-refractivity contribution in [3.63, 3.8) is 0 Å². The van der Waals surface area contributed by atoms with Crippen LogP contribution in [0.25, 0.3) is 0 Å². The first-order chi connectivity index (χ1) is 9.22. The summed E-state index contributed by atoms with van der Waals surface area (Å²) in [7, 11) is 0. The van der Waals surface area contributed by atoms with Crippen LogP contribution in [0.4, 0.5) is 5.69 Å². The summed E-state index contributed by atoms with van der Waals surface area (Å²) < 4.78 is 1.89. The minimum absolute atomic E-state index is 0.254. The van der Waals surface area contributed by atoms with Crippen molar-refractivity contribution in [3.8, 4) is 0 Å². The first-order valence-corrected chi connectivity index (χ1v) is 6.29. The molecular formula is C12H18N6O. The normalized spacial score (nSPS) is 10.6.